The Morgan fingerprint density at radius 3 is 2.75 bits per heavy atom. The van der Waals surface area contributed by atoms with Gasteiger partial charge in [0.05, 0.1) is 21.5 Å². The standard InChI is InChI=1S/C10H14N2O2S2/c1-5-6(15-4-11-5)8-12-7(9(13)14)10(2,3)16-8/h4,7-8,12H,1-3H3,(H,13,14). The molecular weight excluding hydrogens is 244 g/mol. The zero-order valence-corrected chi connectivity index (χ0v) is 11.0. The fourth-order valence-corrected chi connectivity index (χ4v) is 4.26. The number of carboxylic acid groups (broad SMARTS) is 1. The van der Waals surface area contributed by atoms with Crippen LogP contribution in [-0.4, -0.2) is 26.8 Å². The van der Waals surface area contributed by atoms with Gasteiger partial charge in [-0.3, -0.25) is 10.1 Å². The summed E-state index contributed by atoms with van der Waals surface area (Å²) in [4.78, 5) is 16.5. The monoisotopic (exact) mass is 258 g/mol. The van der Waals surface area contributed by atoms with E-state index in [4.69, 9.17) is 5.11 Å². The SMILES string of the molecule is Cc1ncsc1C1NC(C(=O)O)C(C)(C)S1. The maximum absolute atomic E-state index is 11.1. The summed E-state index contributed by atoms with van der Waals surface area (Å²) in [6, 6.07) is -0.510. The summed E-state index contributed by atoms with van der Waals surface area (Å²) < 4.78 is -0.299. The molecule has 1 fully saturated rings. The number of hydrogen-bond donors (Lipinski definition) is 2. The number of hydrogen-bond acceptors (Lipinski definition) is 5. The highest BCUT2D eigenvalue weighted by molar-refractivity contribution is 8.01. The Labute approximate surface area is 102 Å². The lowest BCUT2D eigenvalue weighted by Gasteiger charge is -2.20. The zero-order chi connectivity index (χ0) is 11.9. The summed E-state index contributed by atoms with van der Waals surface area (Å²) in [5, 5.41) is 12.3. The number of nitrogens with one attached hydrogen (secondary N) is 1. The minimum absolute atomic E-state index is 0.0450. The molecule has 1 aromatic heterocycles. The Morgan fingerprint density at radius 1 is 1.62 bits per heavy atom. The van der Waals surface area contributed by atoms with E-state index >= 15 is 0 Å². The highest BCUT2D eigenvalue weighted by Crippen LogP contribution is 2.47. The van der Waals surface area contributed by atoms with Crippen LogP contribution in [0.15, 0.2) is 5.51 Å². The molecule has 6 heteroatoms. The molecule has 0 bridgehead atoms. The zero-order valence-electron chi connectivity index (χ0n) is 9.35. The Balaban J connectivity index is 2.24. The van der Waals surface area contributed by atoms with E-state index in [0.717, 1.165) is 10.6 Å². The van der Waals surface area contributed by atoms with Gasteiger partial charge in [-0.1, -0.05) is 0 Å². The molecule has 0 radical (unpaired) electrons. The van der Waals surface area contributed by atoms with E-state index in [1.54, 1.807) is 28.6 Å². The molecule has 0 amide bonds. The average molecular weight is 258 g/mol. The molecule has 16 heavy (non-hydrogen) atoms. The summed E-state index contributed by atoms with van der Waals surface area (Å²) in [6.07, 6.45) is 0. The van der Waals surface area contributed by atoms with Crippen LogP contribution in [-0.2, 0) is 4.79 Å². The number of carbonyl (C=O) groups is 1. The number of carboxylic acids is 1. The van der Waals surface area contributed by atoms with Crippen LogP contribution in [0, 0.1) is 6.92 Å². The van der Waals surface area contributed by atoms with Crippen LogP contribution in [0.5, 0.6) is 0 Å². The van der Waals surface area contributed by atoms with Gasteiger partial charge < -0.3 is 5.11 Å². The van der Waals surface area contributed by atoms with E-state index in [1.807, 2.05) is 20.8 Å². The van der Waals surface area contributed by atoms with Crippen LogP contribution in [0.25, 0.3) is 0 Å². The highest BCUT2D eigenvalue weighted by atomic mass is 32.2. The molecule has 0 saturated carbocycles. The molecule has 1 aliphatic heterocycles. The second kappa shape index (κ2) is 4.01. The van der Waals surface area contributed by atoms with Crippen molar-refractivity contribution in [3.8, 4) is 0 Å². The van der Waals surface area contributed by atoms with Crippen molar-refractivity contribution in [3.05, 3.63) is 16.1 Å². The quantitative estimate of drug-likeness (QED) is 0.849. The maximum Gasteiger partial charge on any atom is 0.322 e. The van der Waals surface area contributed by atoms with Crippen molar-refractivity contribution < 1.29 is 9.90 Å². The van der Waals surface area contributed by atoms with Crippen LogP contribution >= 0.6 is 23.1 Å². The Kier molecular flexibility index (Phi) is 2.98. The van der Waals surface area contributed by atoms with Gasteiger partial charge in [0.25, 0.3) is 0 Å². The number of aromatic nitrogens is 1. The molecule has 2 atom stereocenters. The van der Waals surface area contributed by atoms with E-state index in [0.29, 0.717) is 0 Å². The fourth-order valence-electron chi connectivity index (χ4n) is 1.82. The van der Waals surface area contributed by atoms with Gasteiger partial charge in [-0.15, -0.1) is 23.1 Å². The number of aryl methyl sites for hydroxylation is 1. The van der Waals surface area contributed by atoms with Crippen LogP contribution in [0.4, 0.5) is 0 Å². The summed E-state index contributed by atoms with van der Waals surface area (Å²) in [6.45, 7) is 5.87. The first-order chi connectivity index (χ1) is 7.42. The second-order valence-electron chi connectivity index (χ2n) is 4.34. The Morgan fingerprint density at radius 2 is 2.31 bits per heavy atom. The van der Waals surface area contributed by atoms with Gasteiger partial charge in [-0.2, -0.15) is 0 Å². The van der Waals surface area contributed by atoms with Gasteiger partial charge in [0.15, 0.2) is 0 Å². The van der Waals surface area contributed by atoms with Crippen molar-refractivity contribution in [1.29, 1.82) is 0 Å². The van der Waals surface area contributed by atoms with Gasteiger partial charge in [0, 0.05) is 4.75 Å². The first-order valence-electron chi connectivity index (χ1n) is 4.98. The Hall–Kier alpha value is -0.590. The van der Waals surface area contributed by atoms with Gasteiger partial charge in [0.2, 0.25) is 0 Å². The maximum atomic E-state index is 11.1. The minimum Gasteiger partial charge on any atom is -0.480 e. The van der Waals surface area contributed by atoms with Gasteiger partial charge in [-0.05, 0) is 20.8 Å². The van der Waals surface area contributed by atoms with Crippen molar-refractivity contribution in [3.63, 3.8) is 0 Å². The lowest BCUT2D eigenvalue weighted by molar-refractivity contribution is -0.139. The number of aliphatic carboxylic acids is 1. The normalized spacial score (nSPS) is 28.2. The highest BCUT2D eigenvalue weighted by Gasteiger charge is 2.46. The first kappa shape index (κ1) is 11.9. The summed E-state index contributed by atoms with van der Waals surface area (Å²) in [7, 11) is 0. The molecule has 1 saturated heterocycles. The van der Waals surface area contributed by atoms with E-state index in [9.17, 15) is 4.79 Å². The first-order valence-corrected chi connectivity index (χ1v) is 6.74. The molecule has 2 heterocycles. The average Bonchev–Trinajstić information content (AvgIpc) is 2.68. The van der Waals surface area contributed by atoms with Gasteiger partial charge in [-0.25, -0.2) is 4.98 Å². The minimum atomic E-state index is -0.790. The van der Waals surface area contributed by atoms with Crippen molar-refractivity contribution in [1.82, 2.24) is 10.3 Å². The van der Waals surface area contributed by atoms with Crippen LogP contribution in [0.3, 0.4) is 0 Å². The molecule has 0 aliphatic carbocycles. The summed E-state index contributed by atoms with van der Waals surface area (Å²) in [5.74, 6) is -0.790. The largest absolute Gasteiger partial charge is 0.480 e. The summed E-state index contributed by atoms with van der Waals surface area (Å²) in [5.41, 5.74) is 2.78. The topological polar surface area (TPSA) is 62.2 Å². The van der Waals surface area contributed by atoms with E-state index in [-0.39, 0.29) is 10.1 Å². The lowest BCUT2D eigenvalue weighted by atomic mass is 10.0. The van der Waals surface area contributed by atoms with Crippen LogP contribution in [0.1, 0.15) is 29.8 Å². The molecule has 1 aromatic rings. The summed E-state index contributed by atoms with van der Waals surface area (Å²) >= 11 is 3.23. The van der Waals surface area contributed by atoms with Crippen LogP contribution < -0.4 is 5.32 Å². The van der Waals surface area contributed by atoms with E-state index in [2.05, 4.69) is 10.3 Å². The number of nitrogens with zero attached hydrogens (tertiary/aromatic N) is 1. The number of rotatable bonds is 2. The van der Waals surface area contributed by atoms with Crippen molar-refractivity contribution >= 4 is 29.1 Å². The fraction of sp³-hybridized carbons (Fsp3) is 0.600. The van der Waals surface area contributed by atoms with Gasteiger partial charge in [0.1, 0.15) is 6.04 Å². The molecule has 0 aromatic carbocycles. The third-order valence-corrected chi connectivity index (χ3v) is 5.30. The molecule has 2 rings (SSSR count). The predicted molar refractivity (Wildman–Crippen MR) is 65.8 cm³/mol. The van der Waals surface area contributed by atoms with Gasteiger partial charge >= 0.3 is 5.97 Å². The molecule has 4 nitrogen and oxygen atoms in total. The molecule has 2 unspecified atom stereocenters. The van der Waals surface area contributed by atoms with E-state index < -0.39 is 12.0 Å². The second-order valence-corrected chi connectivity index (χ2v) is 6.99. The number of thiazole rings is 1. The molecular formula is C10H14N2O2S2. The third kappa shape index (κ3) is 1.97. The smallest absolute Gasteiger partial charge is 0.322 e. The molecule has 1 aliphatic rings. The Bertz CT molecular complexity index is 417. The van der Waals surface area contributed by atoms with Crippen molar-refractivity contribution in [2.24, 2.45) is 0 Å². The third-order valence-electron chi connectivity index (χ3n) is 2.70. The molecule has 0 spiro atoms. The lowest BCUT2D eigenvalue weighted by Crippen LogP contribution is -2.43. The van der Waals surface area contributed by atoms with Crippen molar-refractivity contribution in [2.45, 2.75) is 36.9 Å². The molecule has 2 N–H and O–H groups in total. The number of thioether (sulfide) groups is 1. The van der Waals surface area contributed by atoms with Crippen molar-refractivity contribution in [2.75, 3.05) is 0 Å². The predicted octanol–water partition coefficient (Wildman–Crippen LogP) is 2.02. The van der Waals surface area contributed by atoms with Crippen LogP contribution in [0.2, 0.25) is 0 Å². The molecule has 88 valence electrons. The van der Waals surface area contributed by atoms with E-state index in [1.165, 1.54) is 0 Å².